The number of anilines is 1. The first kappa shape index (κ1) is 30.5. The number of carbonyl (C=O) groups excluding carboxylic acids is 1. The smallest absolute Gasteiger partial charge is 0.252 e. The van der Waals surface area contributed by atoms with Gasteiger partial charge in [-0.1, -0.05) is 72.6 Å². The highest BCUT2D eigenvalue weighted by Gasteiger charge is 2.48. The first-order valence-electron chi connectivity index (χ1n) is 14.0. The molecule has 4 atom stereocenters. The van der Waals surface area contributed by atoms with E-state index in [4.69, 9.17) is 27.9 Å². The molecule has 1 saturated heterocycles. The lowest BCUT2D eigenvalue weighted by molar-refractivity contribution is -0.178. The van der Waals surface area contributed by atoms with Gasteiger partial charge in [0.15, 0.2) is 0 Å². The van der Waals surface area contributed by atoms with Crippen LogP contribution in [0.4, 0.5) is 10.1 Å². The average molecular weight is 632 g/mol. The van der Waals surface area contributed by atoms with Crippen molar-refractivity contribution in [2.75, 3.05) is 10.8 Å². The van der Waals surface area contributed by atoms with Crippen molar-refractivity contribution < 1.29 is 22.3 Å². The maximum Gasteiger partial charge on any atom is 0.252 e. The zero-order valence-corrected chi connectivity index (χ0v) is 25.5. The Kier molecular flexibility index (Phi) is 9.28. The number of halogens is 3. The number of sulfonamides is 1. The fraction of sp³-hybridized carbons (Fsp3) is 0.344. The van der Waals surface area contributed by atoms with Gasteiger partial charge in [0.05, 0.1) is 29.6 Å². The maximum atomic E-state index is 15.1. The standard InChI is InChI=1S/C32H33Cl2FN2O4S/c1-3-8-29-32(38)37(25(4-2)20-36(42(39,40)26-17-18-26)28-12-6-5-11-27(28)35)30(21-13-15-23(33)16-14-21)31(41-29)22-9-7-10-24(34)19-22/h3,5-7,9-16,19,25-26,29-31H,1,4,8,17-18,20H2,2H3/t25-,29-,30+,31+/m0/s1. The Morgan fingerprint density at radius 3 is 2.38 bits per heavy atom. The summed E-state index contributed by atoms with van der Waals surface area (Å²) in [4.78, 5) is 16.0. The quantitative estimate of drug-likeness (QED) is 0.206. The minimum Gasteiger partial charge on any atom is -0.358 e. The van der Waals surface area contributed by atoms with Crippen molar-refractivity contribution in [2.45, 2.75) is 62.1 Å². The van der Waals surface area contributed by atoms with Crippen molar-refractivity contribution in [3.8, 4) is 0 Å². The SMILES string of the molecule is C=CC[C@@H]1O[C@H](c2cccc(Cl)c2)[C@@H](c2ccc(Cl)cc2)N([C@@H](CC)CN(c2ccccc2F)S(=O)(=O)C2CC2)C1=O. The zero-order chi connectivity index (χ0) is 30.0. The molecule has 0 aromatic heterocycles. The van der Waals surface area contributed by atoms with Crippen LogP contribution in [0.15, 0.2) is 85.5 Å². The minimum atomic E-state index is -3.87. The normalized spacial score (nSPS) is 21.7. The number of rotatable bonds is 11. The number of nitrogens with zero attached hydrogens (tertiary/aromatic N) is 2. The summed E-state index contributed by atoms with van der Waals surface area (Å²) in [5.41, 5.74) is 1.50. The predicted molar refractivity (Wildman–Crippen MR) is 165 cm³/mol. The van der Waals surface area contributed by atoms with Crippen LogP contribution in [0, 0.1) is 5.82 Å². The topological polar surface area (TPSA) is 66.9 Å². The number of amides is 1. The van der Waals surface area contributed by atoms with Crippen LogP contribution < -0.4 is 4.31 Å². The van der Waals surface area contributed by atoms with Crippen LogP contribution >= 0.6 is 23.2 Å². The van der Waals surface area contributed by atoms with Crippen LogP contribution in [-0.2, 0) is 19.6 Å². The van der Waals surface area contributed by atoms with E-state index in [-0.39, 0.29) is 24.6 Å². The Labute approximate surface area is 256 Å². The summed E-state index contributed by atoms with van der Waals surface area (Å²) in [6.07, 6.45) is 1.84. The average Bonchev–Trinajstić information content (AvgIpc) is 3.83. The molecular weight excluding hydrogens is 598 g/mol. The molecule has 0 unspecified atom stereocenters. The Bertz CT molecular complexity index is 1550. The lowest BCUT2D eigenvalue weighted by Gasteiger charge is -2.49. The molecule has 5 rings (SSSR count). The van der Waals surface area contributed by atoms with Gasteiger partial charge in [-0.15, -0.1) is 6.58 Å². The Morgan fingerprint density at radius 2 is 1.76 bits per heavy atom. The molecule has 6 nitrogen and oxygen atoms in total. The van der Waals surface area contributed by atoms with E-state index in [9.17, 15) is 13.2 Å². The van der Waals surface area contributed by atoms with Crippen molar-refractivity contribution in [3.63, 3.8) is 0 Å². The highest BCUT2D eigenvalue weighted by Crippen LogP contribution is 2.45. The van der Waals surface area contributed by atoms with Crippen molar-refractivity contribution in [1.29, 1.82) is 0 Å². The van der Waals surface area contributed by atoms with Crippen molar-refractivity contribution in [3.05, 3.63) is 112 Å². The Balaban J connectivity index is 1.65. The van der Waals surface area contributed by atoms with Crippen molar-refractivity contribution in [2.24, 2.45) is 0 Å². The van der Waals surface area contributed by atoms with Crippen LogP contribution in [0.25, 0.3) is 0 Å². The van der Waals surface area contributed by atoms with Crippen LogP contribution in [0.3, 0.4) is 0 Å². The summed E-state index contributed by atoms with van der Waals surface area (Å²) in [5.74, 6) is -0.933. The van der Waals surface area contributed by atoms with E-state index < -0.39 is 45.4 Å². The molecule has 1 aliphatic carbocycles. The van der Waals surface area contributed by atoms with Crippen molar-refractivity contribution in [1.82, 2.24) is 4.90 Å². The molecule has 0 N–H and O–H groups in total. The zero-order valence-electron chi connectivity index (χ0n) is 23.2. The molecular formula is C32H33Cl2FN2O4S. The van der Waals surface area contributed by atoms with E-state index in [0.717, 1.165) is 15.4 Å². The molecule has 1 saturated carbocycles. The first-order valence-corrected chi connectivity index (χ1v) is 16.3. The fourth-order valence-corrected chi connectivity index (χ4v) is 7.78. The molecule has 0 radical (unpaired) electrons. The molecule has 0 bridgehead atoms. The summed E-state index contributed by atoms with van der Waals surface area (Å²) in [7, 11) is -3.87. The molecule has 2 fully saturated rings. The maximum absolute atomic E-state index is 15.1. The van der Waals surface area contributed by atoms with Crippen LogP contribution in [-0.4, -0.2) is 43.2 Å². The summed E-state index contributed by atoms with van der Waals surface area (Å²) in [5, 5.41) is 0.475. The molecule has 1 heterocycles. The molecule has 10 heteroatoms. The van der Waals surface area contributed by atoms with Gasteiger partial charge in [-0.25, -0.2) is 12.8 Å². The number of para-hydroxylation sites is 1. The highest BCUT2D eigenvalue weighted by atomic mass is 35.5. The molecule has 42 heavy (non-hydrogen) atoms. The molecule has 2 aliphatic rings. The van der Waals surface area contributed by atoms with E-state index in [1.165, 1.54) is 18.2 Å². The van der Waals surface area contributed by atoms with Gasteiger partial charge in [0.25, 0.3) is 5.91 Å². The molecule has 222 valence electrons. The van der Waals surface area contributed by atoms with Gasteiger partial charge in [-0.2, -0.15) is 0 Å². The third-order valence-electron chi connectivity index (χ3n) is 7.81. The number of morpholine rings is 1. The molecule has 3 aromatic carbocycles. The number of benzene rings is 3. The van der Waals surface area contributed by atoms with Crippen molar-refractivity contribution >= 4 is 44.8 Å². The van der Waals surface area contributed by atoms with Crippen LogP contribution in [0.5, 0.6) is 0 Å². The van der Waals surface area contributed by atoms with E-state index in [2.05, 4.69) is 6.58 Å². The van der Waals surface area contributed by atoms with Gasteiger partial charge in [-0.05, 0) is 66.8 Å². The van der Waals surface area contributed by atoms with E-state index in [1.807, 2.05) is 31.2 Å². The number of hydrogen-bond acceptors (Lipinski definition) is 4. The fourth-order valence-electron chi connectivity index (χ4n) is 5.56. The van der Waals surface area contributed by atoms with Gasteiger partial charge >= 0.3 is 0 Å². The van der Waals surface area contributed by atoms with Gasteiger partial charge < -0.3 is 9.64 Å². The minimum absolute atomic E-state index is 0.0272. The predicted octanol–water partition coefficient (Wildman–Crippen LogP) is 7.50. The van der Waals surface area contributed by atoms with E-state index >= 15 is 4.39 Å². The number of carbonyl (C=O) groups is 1. The highest BCUT2D eigenvalue weighted by molar-refractivity contribution is 7.93. The number of ether oxygens (including phenoxy) is 1. The lowest BCUT2D eigenvalue weighted by Crippen LogP contribution is -2.57. The molecule has 1 amide bonds. The third kappa shape index (κ3) is 6.23. The molecule has 0 spiro atoms. The number of hydrogen-bond donors (Lipinski definition) is 0. The molecule has 1 aliphatic heterocycles. The Morgan fingerprint density at radius 1 is 1.05 bits per heavy atom. The van der Waals surface area contributed by atoms with Gasteiger partial charge in [0.2, 0.25) is 10.0 Å². The summed E-state index contributed by atoms with van der Waals surface area (Å²) in [6, 6.07) is 19.0. The third-order valence-corrected chi connectivity index (χ3v) is 10.6. The van der Waals surface area contributed by atoms with E-state index in [1.54, 1.807) is 41.3 Å². The second-order valence-electron chi connectivity index (χ2n) is 10.7. The van der Waals surface area contributed by atoms with Gasteiger partial charge in [0.1, 0.15) is 18.0 Å². The summed E-state index contributed by atoms with van der Waals surface area (Å²) >= 11 is 12.6. The largest absolute Gasteiger partial charge is 0.358 e. The van der Waals surface area contributed by atoms with E-state index in [0.29, 0.717) is 29.3 Å². The van der Waals surface area contributed by atoms with Gasteiger partial charge in [-0.3, -0.25) is 9.10 Å². The van der Waals surface area contributed by atoms with Gasteiger partial charge in [0, 0.05) is 16.5 Å². The lowest BCUT2D eigenvalue weighted by atomic mass is 9.89. The second kappa shape index (κ2) is 12.8. The molecule has 3 aromatic rings. The first-order chi connectivity index (χ1) is 20.1. The summed E-state index contributed by atoms with van der Waals surface area (Å²) < 4.78 is 50.2. The monoisotopic (exact) mass is 630 g/mol. The summed E-state index contributed by atoms with van der Waals surface area (Å²) in [6.45, 7) is 5.60. The van der Waals surface area contributed by atoms with Crippen LogP contribution in [0.1, 0.15) is 55.9 Å². The van der Waals surface area contributed by atoms with Crippen LogP contribution in [0.2, 0.25) is 10.0 Å². The Hall–Kier alpha value is -2.91. The second-order valence-corrected chi connectivity index (χ2v) is 13.7.